The van der Waals surface area contributed by atoms with Gasteiger partial charge in [-0.1, -0.05) is 12.1 Å². The zero-order chi connectivity index (χ0) is 18.0. The van der Waals surface area contributed by atoms with Crippen LogP contribution >= 0.6 is 0 Å². The molecule has 1 heterocycles. The fourth-order valence-corrected chi connectivity index (χ4v) is 2.80. The normalized spacial score (nSPS) is 19.2. The van der Waals surface area contributed by atoms with E-state index in [0.29, 0.717) is 18.6 Å². The molecule has 1 aliphatic rings. The van der Waals surface area contributed by atoms with Gasteiger partial charge in [-0.2, -0.15) is 13.2 Å². The molecule has 2 rings (SSSR count). The average molecular weight is 344 g/mol. The number of ether oxygens (including phenoxy) is 1. The van der Waals surface area contributed by atoms with Gasteiger partial charge in [-0.05, 0) is 50.8 Å². The molecule has 4 nitrogen and oxygen atoms in total. The Bertz CT molecular complexity index is 570. The summed E-state index contributed by atoms with van der Waals surface area (Å²) in [7, 11) is 1.56. The van der Waals surface area contributed by atoms with Crippen molar-refractivity contribution in [3.8, 4) is 5.75 Å². The Morgan fingerprint density at radius 3 is 2.38 bits per heavy atom. The highest BCUT2D eigenvalue weighted by molar-refractivity contribution is 5.83. The van der Waals surface area contributed by atoms with Crippen LogP contribution in [0.15, 0.2) is 24.3 Å². The van der Waals surface area contributed by atoms with E-state index in [4.69, 9.17) is 4.74 Å². The van der Waals surface area contributed by atoms with Gasteiger partial charge >= 0.3 is 6.18 Å². The van der Waals surface area contributed by atoms with Gasteiger partial charge in [0.2, 0.25) is 5.91 Å². The number of alkyl halides is 3. The Morgan fingerprint density at radius 1 is 1.29 bits per heavy atom. The van der Waals surface area contributed by atoms with E-state index >= 15 is 0 Å². The quantitative estimate of drug-likeness (QED) is 0.861. The molecule has 1 aromatic rings. The molecule has 0 radical (unpaired) electrons. The van der Waals surface area contributed by atoms with Gasteiger partial charge in [0.15, 0.2) is 0 Å². The molecule has 134 valence electrons. The smallest absolute Gasteiger partial charge is 0.405 e. The lowest BCUT2D eigenvalue weighted by Crippen LogP contribution is -2.50. The van der Waals surface area contributed by atoms with E-state index in [1.165, 1.54) is 0 Å². The second-order valence-electron chi connectivity index (χ2n) is 6.75. The predicted molar refractivity (Wildman–Crippen MR) is 84.4 cm³/mol. The minimum atomic E-state index is -4.38. The van der Waals surface area contributed by atoms with Gasteiger partial charge in [0.05, 0.1) is 12.5 Å². The highest BCUT2D eigenvalue weighted by Gasteiger charge is 2.49. The van der Waals surface area contributed by atoms with Crippen molar-refractivity contribution in [3.05, 3.63) is 29.8 Å². The van der Waals surface area contributed by atoms with E-state index in [0.717, 1.165) is 10.6 Å². The highest BCUT2D eigenvalue weighted by atomic mass is 19.4. The molecule has 1 fully saturated rings. The number of methoxy groups -OCH3 is 1. The van der Waals surface area contributed by atoms with Crippen molar-refractivity contribution in [3.63, 3.8) is 0 Å². The molecule has 0 unspecified atom stereocenters. The van der Waals surface area contributed by atoms with Crippen molar-refractivity contribution in [2.24, 2.45) is 5.41 Å². The molecular weight excluding hydrogens is 321 g/mol. The minimum Gasteiger partial charge on any atom is -0.497 e. The van der Waals surface area contributed by atoms with Crippen molar-refractivity contribution >= 4 is 5.91 Å². The third-order valence-corrected chi connectivity index (χ3v) is 4.28. The zero-order valence-corrected chi connectivity index (χ0v) is 14.1. The number of carbonyl (C=O) groups excluding carboxylic acids is 1. The van der Waals surface area contributed by atoms with Crippen molar-refractivity contribution in [1.82, 2.24) is 10.4 Å². The van der Waals surface area contributed by atoms with E-state index < -0.39 is 17.6 Å². The summed E-state index contributed by atoms with van der Waals surface area (Å²) in [6.07, 6.45) is -3.52. The first kappa shape index (κ1) is 18.6. The van der Waals surface area contributed by atoms with Crippen LogP contribution in [0.1, 0.15) is 32.3 Å². The number of nitrogens with one attached hydrogen (secondary N) is 1. The number of rotatable bonds is 6. The first-order chi connectivity index (χ1) is 11.1. The summed E-state index contributed by atoms with van der Waals surface area (Å²) >= 11 is 0. The first-order valence-electron chi connectivity index (χ1n) is 7.91. The maximum absolute atomic E-state index is 13.4. The summed E-state index contributed by atoms with van der Waals surface area (Å²) in [5.41, 5.74) is 2.53. The van der Waals surface area contributed by atoms with E-state index in [-0.39, 0.29) is 18.9 Å². The molecule has 1 aromatic carbocycles. The molecule has 0 aromatic heterocycles. The van der Waals surface area contributed by atoms with Crippen LogP contribution in [-0.4, -0.2) is 36.8 Å². The van der Waals surface area contributed by atoms with Crippen molar-refractivity contribution in [2.75, 3.05) is 13.7 Å². The molecule has 7 heteroatoms. The van der Waals surface area contributed by atoms with Crippen LogP contribution in [0.4, 0.5) is 13.2 Å². The second-order valence-corrected chi connectivity index (χ2v) is 6.75. The lowest BCUT2D eigenvalue weighted by Gasteiger charge is -2.29. The monoisotopic (exact) mass is 344 g/mol. The molecule has 0 aliphatic carbocycles. The summed E-state index contributed by atoms with van der Waals surface area (Å²) in [4.78, 5) is 11.8. The van der Waals surface area contributed by atoms with Crippen LogP contribution in [0.5, 0.6) is 5.75 Å². The predicted octanol–water partition coefficient (Wildman–Crippen LogP) is 3.32. The van der Waals surface area contributed by atoms with Gasteiger partial charge in [-0.15, -0.1) is 0 Å². The summed E-state index contributed by atoms with van der Waals surface area (Å²) < 4.78 is 45.2. The number of hydrazine groups is 1. The number of amides is 1. The molecule has 24 heavy (non-hydrogen) atoms. The second kappa shape index (κ2) is 7.01. The standard InChI is InChI=1S/C17H23F3N2O2/c1-16(2)11-22(21-15(16)23)14(17(18,19)20)6-4-5-12-7-9-13(24-3)10-8-12/h7-10,14H,4-6,11H2,1-3H3,(H,21,23)/t14-/m0/s1. The zero-order valence-electron chi connectivity index (χ0n) is 14.1. The summed E-state index contributed by atoms with van der Waals surface area (Å²) in [6.45, 7) is 3.35. The van der Waals surface area contributed by atoms with Gasteiger partial charge in [0.1, 0.15) is 11.8 Å². The largest absolute Gasteiger partial charge is 0.497 e. The van der Waals surface area contributed by atoms with Crippen molar-refractivity contribution in [2.45, 2.75) is 45.3 Å². The minimum absolute atomic E-state index is 0.0541. The number of hydrogen-bond acceptors (Lipinski definition) is 3. The van der Waals surface area contributed by atoms with Gasteiger partial charge in [0, 0.05) is 6.54 Å². The number of nitrogens with zero attached hydrogens (tertiary/aromatic N) is 1. The van der Waals surface area contributed by atoms with E-state index in [1.54, 1.807) is 33.1 Å². The molecule has 1 aliphatic heterocycles. The summed E-state index contributed by atoms with van der Waals surface area (Å²) in [5.74, 6) is 0.348. The van der Waals surface area contributed by atoms with Crippen LogP contribution < -0.4 is 10.2 Å². The van der Waals surface area contributed by atoms with Crippen molar-refractivity contribution in [1.29, 1.82) is 0 Å². The number of hydrogen-bond donors (Lipinski definition) is 1. The summed E-state index contributed by atoms with van der Waals surface area (Å²) in [5, 5.41) is 1.04. The van der Waals surface area contributed by atoms with Crippen LogP contribution in [0, 0.1) is 5.41 Å². The van der Waals surface area contributed by atoms with E-state index in [9.17, 15) is 18.0 Å². The molecular formula is C17H23F3N2O2. The summed E-state index contributed by atoms with van der Waals surface area (Å²) in [6, 6.07) is 5.62. The average Bonchev–Trinajstić information content (AvgIpc) is 2.76. The Balaban J connectivity index is 1.96. The third-order valence-electron chi connectivity index (χ3n) is 4.28. The maximum atomic E-state index is 13.4. The highest BCUT2D eigenvalue weighted by Crippen LogP contribution is 2.33. The fourth-order valence-electron chi connectivity index (χ4n) is 2.80. The van der Waals surface area contributed by atoms with Gasteiger partial charge < -0.3 is 4.74 Å². The SMILES string of the molecule is COc1ccc(CCC[C@H](N2CC(C)(C)C(=O)N2)C(F)(F)F)cc1. The van der Waals surface area contributed by atoms with Crippen LogP contribution in [-0.2, 0) is 11.2 Å². The lowest BCUT2D eigenvalue weighted by molar-refractivity contribution is -0.190. The fraction of sp³-hybridized carbons (Fsp3) is 0.588. The lowest BCUT2D eigenvalue weighted by atomic mass is 9.94. The first-order valence-corrected chi connectivity index (χ1v) is 7.91. The van der Waals surface area contributed by atoms with Gasteiger partial charge in [0.25, 0.3) is 0 Å². The van der Waals surface area contributed by atoms with Crippen LogP contribution in [0.3, 0.4) is 0 Å². The molecule has 1 N–H and O–H groups in total. The van der Waals surface area contributed by atoms with E-state index in [2.05, 4.69) is 5.43 Å². The molecule has 0 saturated carbocycles. The molecule has 0 spiro atoms. The van der Waals surface area contributed by atoms with E-state index in [1.807, 2.05) is 12.1 Å². The molecule has 1 atom stereocenters. The van der Waals surface area contributed by atoms with Gasteiger partial charge in [-0.3, -0.25) is 10.2 Å². The Hall–Kier alpha value is -1.76. The topological polar surface area (TPSA) is 41.6 Å². The maximum Gasteiger partial charge on any atom is 0.405 e. The molecule has 1 amide bonds. The number of aryl methyl sites for hydroxylation is 1. The Kier molecular flexibility index (Phi) is 5.42. The molecule has 1 saturated heterocycles. The van der Waals surface area contributed by atoms with Crippen molar-refractivity contribution < 1.29 is 22.7 Å². The van der Waals surface area contributed by atoms with Gasteiger partial charge in [-0.25, -0.2) is 5.01 Å². The third kappa shape index (κ3) is 4.41. The van der Waals surface area contributed by atoms with Crippen LogP contribution in [0.2, 0.25) is 0 Å². The Labute approximate surface area is 139 Å². The number of halogens is 3. The molecule has 0 bridgehead atoms. The number of carbonyl (C=O) groups is 1. The van der Waals surface area contributed by atoms with Crippen LogP contribution in [0.25, 0.3) is 0 Å². The Morgan fingerprint density at radius 2 is 1.92 bits per heavy atom. The number of benzene rings is 1.